The average Bonchev–Trinajstić information content (AvgIpc) is 2.33. The quantitative estimate of drug-likeness (QED) is 0.772. The van der Waals surface area contributed by atoms with Crippen LogP contribution in [0.5, 0.6) is 0 Å². The molecular formula is C11H19N3O. The second-order valence-electron chi connectivity index (χ2n) is 2.70. The van der Waals surface area contributed by atoms with Gasteiger partial charge in [0, 0.05) is 12.7 Å². The zero-order valence-electron chi connectivity index (χ0n) is 9.66. The fourth-order valence-electron chi connectivity index (χ4n) is 0.894. The molecule has 1 rings (SSSR count). The summed E-state index contributed by atoms with van der Waals surface area (Å²) in [6.07, 6.45) is 5.00. The Hall–Kier alpha value is -1.45. The van der Waals surface area contributed by atoms with E-state index in [1.54, 1.807) is 12.3 Å². The van der Waals surface area contributed by atoms with Crippen LogP contribution in [0.4, 0.5) is 0 Å². The molecule has 1 aromatic heterocycles. The molecule has 0 saturated heterocycles. The Morgan fingerprint density at radius 1 is 1.47 bits per heavy atom. The van der Waals surface area contributed by atoms with Crippen molar-refractivity contribution in [1.82, 2.24) is 15.3 Å². The molecule has 0 atom stereocenters. The fourth-order valence-corrected chi connectivity index (χ4v) is 0.894. The highest BCUT2D eigenvalue weighted by Gasteiger charge is 2.03. The van der Waals surface area contributed by atoms with Crippen molar-refractivity contribution >= 4 is 5.91 Å². The lowest BCUT2D eigenvalue weighted by molar-refractivity contribution is 0.0948. The molecule has 15 heavy (non-hydrogen) atoms. The number of unbranched alkanes of at least 4 members (excludes halogenated alkanes) is 1. The van der Waals surface area contributed by atoms with Crippen molar-refractivity contribution in [3.05, 3.63) is 24.3 Å². The molecule has 0 aliphatic carbocycles. The molecule has 1 aromatic rings. The van der Waals surface area contributed by atoms with Crippen LogP contribution in [0.2, 0.25) is 0 Å². The predicted molar refractivity (Wildman–Crippen MR) is 60.6 cm³/mol. The van der Waals surface area contributed by atoms with E-state index in [-0.39, 0.29) is 5.91 Å². The summed E-state index contributed by atoms with van der Waals surface area (Å²) >= 11 is 0. The molecule has 0 bridgehead atoms. The van der Waals surface area contributed by atoms with Crippen LogP contribution in [0.15, 0.2) is 18.6 Å². The van der Waals surface area contributed by atoms with Gasteiger partial charge in [0.15, 0.2) is 0 Å². The first-order valence-corrected chi connectivity index (χ1v) is 5.38. The number of aromatic nitrogens is 2. The lowest BCUT2D eigenvalue weighted by Gasteiger charge is -2.01. The number of carbonyl (C=O) groups is 1. The van der Waals surface area contributed by atoms with Crippen LogP contribution < -0.4 is 5.32 Å². The van der Waals surface area contributed by atoms with Crippen molar-refractivity contribution in [2.45, 2.75) is 33.6 Å². The van der Waals surface area contributed by atoms with Gasteiger partial charge in [-0.15, -0.1) is 0 Å². The molecule has 1 amide bonds. The van der Waals surface area contributed by atoms with Gasteiger partial charge >= 0.3 is 0 Å². The summed E-state index contributed by atoms with van der Waals surface area (Å²) in [5, 5.41) is 2.77. The van der Waals surface area contributed by atoms with Gasteiger partial charge in [-0.3, -0.25) is 4.79 Å². The van der Waals surface area contributed by atoms with Crippen molar-refractivity contribution in [3.63, 3.8) is 0 Å². The first-order valence-electron chi connectivity index (χ1n) is 5.38. The summed E-state index contributed by atoms with van der Waals surface area (Å²) in [4.78, 5) is 18.9. The molecule has 1 heterocycles. The number of nitrogens with zero attached hydrogens (tertiary/aromatic N) is 2. The average molecular weight is 209 g/mol. The summed E-state index contributed by atoms with van der Waals surface area (Å²) < 4.78 is 0. The van der Waals surface area contributed by atoms with E-state index in [4.69, 9.17) is 0 Å². The van der Waals surface area contributed by atoms with Crippen LogP contribution in [0.3, 0.4) is 0 Å². The minimum Gasteiger partial charge on any atom is -0.351 e. The van der Waals surface area contributed by atoms with Crippen LogP contribution in [0, 0.1) is 0 Å². The van der Waals surface area contributed by atoms with Crippen LogP contribution in [0.25, 0.3) is 0 Å². The molecule has 0 spiro atoms. The normalized spacial score (nSPS) is 8.73. The Balaban J connectivity index is 0.000000921. The summed E-state index contributed by atoms with van der Waals surface area (Å²) in [6.45, 7) is 6.79. The largest absolute Gasteiger partial charge is 0.351 e. The van der Waals surface area contributed by atoms with Crippen molar-refractivity contribution < 1.29 is 4.79 Å². The molecule has 0 aromatic carbocycles. The van der Waals surface area contributed by atoms with Gasteiger partial charge in [-0.25, -0.2) is 9.97 Å². The Bertz CT molecular complexity index is 262. The highest BCUT2D eigenvalue weighted by molar-refractivity contribution is 5.91. The van der Waals surface area contributed by atoms with Crippen molar-refractivity contribution in [3.8, 4) is 0 Å². The van der Waals surface area contributed by atoms with Gasteiger partial charge in [0.05, 0.1) is 0 Å². The lowest BCUT2D eigenvalue weighted by atomic mass is 10.3. The Morgan fingerprint density at radius 2 is 2.20 bits per heavy atom. The standard InChI is InChI=1S/C9H13N3O.C2H6/c1-2-3-5-11-9(13)8-4-6-10-7-12-8;1-2/h4,6-7H,2-3,5H2,1H3,(H,11,13);1-2H3. The zero-order chi connectivity index (χ0) is 11.5. The zero-order valence-corrected chi connectivity index (χ0v) is 9.66. The molecule has 0 aliphatic heterocycles. The number of nitrogens with one attached hydrogen (secondary N) is 1. The maximum Gasteiger partial charge on any atom is 0.270 e. The minimum atomic E-state index is -0.129. The van der Waals surface area contributed by atoms with Gasteiger partial charge in [0.1, 0.15) is 12.0 Å². The first kappa shape index (κ1) is 13.5. The molecule has 0 fully saturated rings. The van der Waals surface area contributed by atoms with E-state index in [9.17, 15) is 4.79 Å². The SMILES string of the molecule is CC.CCCCNC(=O)c1ccncn1. The van der Waals surface area contributed by atoms with Crippen LogP contribution >= 0.6 is 0 Å². The smallest absolute Gasteiger partial charge is 0.270 e. The van der Waals surface area contributed by atoms with Crippen LogP contribution in [-0.4, -0.2) is 22.4 Å². The molecule has 4 heteroatoms. The number of amides is 1. The molecule has 0 aliphatic rings. The number of carbonyl (C=O) groups excluding carboxylic acids is 1. The van der Waals surface area contributed by atoms with Gasteiger partial charge in [0.2, 0.25) is 0 Å². The number of hydrogen-bond donors (Lipinski definition) is 1. The molecule has 0 unspecified atom stereocenters. The topological polar surface area (TPSA) is 54.9 Å². The van der Waals surface area contributed by atoms with Crippen molar-refractivity contribution in [2.75, 3.05) is 6.54 Å². The molecule has 0 radical (unpaired) electrons. The summed E-state index contributed by atoms with van der Waals surface area (Å²) in [6, 6.07) is 1.60. The lowest BCUT2D eigenvalue weighted by Crippen LogP contribution is -2.25. The molecule has 1 N–H and O–H groups in total. The molecule has 84 valence electrons. The van der Waals surface area contributed by atoms with E-state index < -0.39 is 0 Å². The van der Waals surface area contributed by atoms with E-state index in [1.165, 1.54) is 6.33 Å². The minimum absolute atomic E-state index is 0.129. The van der Waals surface area contributed by atoms with Crippen LogP contribution in [-0.2, 0) is 0 Å². The monoisotopic (exact) mass is 209 g/mol. The maximum atomic E-state index is 11.3. The highest BCUT2D eigenvalue weighted by Crippen LogP contribution is 1.91. The number of hydrogen-bond acceptors (Lipinski definition) is 3. The third-order valence-electron chi connectivity index (χ3n) is 1.63. The third-order valence-corrected chi connectivity index (χ3v) is 1.63. The predicted octanol–water partition coefficient (Wildman–Crippen LogP) is 2.03. The summed E-state index contributed by atoms with van der Waals surface area (Å²) in [5.74, 6) is -0.129. The van der Waals surface area contributed by atoms with Crippen molar-refractivity contribution in [2.24, 2.45) is 0 Å². The van der Waals surface area contributed by atoms with Gasteiger partial charge in [0.25, 0.3) is 5.91 Å². The van der Waals surface area contributed by atoms with Crippen molar-refractivity contribution in [1.29, 1.82) is 0 Å². The fraction of sp³-hybridized carbons (Fsp3) is 0.545. The maximum absolute atomic E-state index is 11.3. The Labute approximate surface area is 91.1 Å². The van der Waals surface area contributed by atoms with Gasteiger partial charge in [-0.2, -0.15) is 0 Å². The second kappa shape index (κ2) is 9.12. The van der Waals surface area contributed by atoms with E-state index in [2.05, 4.69) is 22.2 Å². The molecular weight excluding hydrogens is 190 g/mol. The first-order chi connectivity index (χ1) is 7.34. The third kappa shape index (κ3) is 5.78. The van der Waals surface area contributed by atoms with E-state index in [0.29, 0.717) is 12.2 Å². The summed E-state index contributed by atoms with van der Waals surface area (Å²) in [7, 11) is 0. The van der Waals surface area contributed by atoms with E-state index in [1.807, 2.05) is 13.8 Å². The van der Waals surface area contributed by atoms with Gasteiger partial charge in [-0.05, 0) is 12.5 Å². The number of rotatable bonds is 4. The van der Waals surface area contributed by atoms with E-state index in [0.717, 1.165) is 12.8 Å². The summed E-state index contributed by atoms with van der Waals surface area (Å²) in [5.41, 5.74) is 0.422. The van der Waals surface area contributed by atoms with Gasteiger partial charge < -0.3 is 5.32 Å². The van der Waals surface area contributed by atoms with Crippen LogP contribution in [0.1, 0.15) is 44.1 Å². The van der Waals surface area contributed by atoms with E-state index >= 15 is 0 Å². The van der Waals surface area contributed by atoms with Gasteiger partial charge in [-0.1, -0.05) is 27.2 Å². The second-order valence-corrected chi connectivity index (χ2v) is 2.70. The Kier molecular flexibility index (Phi) is 8.24. The molecule has 4 nitrogen and oxygen atoms in total. The molecule has 0 saturated carbocycles. The Morgan fingerprint density at radius 3 is 2.73 bits per heavy atom. The highest BCUT2D eigenvalue weighted by atomic mass is 16.1.